The maximum atomic E-state index is 15.3. The number of ether oxygens (including phenoxy) is 1. The number of fused-ring (bicyclic) bond motifs is 1. The molecule has 1 fully saturated rings. The number of H-pyrrole nitrogens is 1. The first kappa shape index (κ1) is 25.6. The van der Waals surface area contributed by atoms with E-state index >= 15 is 8.78 Å². The monoisotopic (exact) mass is 567 g/mol. The van der Waals surface area contributed by atoms with E-state index in [-0.39, 0.29) is 33.9 Å². The lowest BCUT2D eigenvalue weighted by molar-refractivity contribution is -0.129. The van der Waals surface area contributed by atoms with Gasteiger partial charge in [0.05, 0.1) is 35.8 Å². The molecule has 4 aromatic rings. The number of methoxy groups -OCH3 is 1. The number of pyridine rings is 1. The SMILES string of the molecule is COC(=O)Nc1nccc(-c2cnc([C@@H]3CC[C@@H]4CC(c5c(-n6cnnn6)ccc(Cl)c5F)=CC(=O)N43)[nH]2)c1F. The minimum Gasteiger partial charge on any atom is -0.453 e. The molecule has 15 heteroatoms. The average molecular weight is 568 g/mol. The number of nitrogens with zero attached hydrogens (tertiary/aromatic N) is 7. The van der Waals surface area contributed by atoms with E-state index < -0.39 is 23.8 Å². The van der Waals surface area contributed by atoms with Gasteiger partial charge < -0.3 is 14.6 Å². The number of hydrogen-bond donors (Lipinski definition) is 2. The molecular formula is C25H20ClF2N9O3. The van der Waals surface area contributed by atoms with Gasteiger partial charge in [-0.3, -0.25) is 10.1 Å². The van der Waals surface area contributed by atoms with Crippen molar-refractivity contribution in [1.29, 1.82) is 0 Å². The molecule has 2 N–H and O–H groups in total. The number of tetrazole rings is 1. The number of aromatic nitrogens is 7. The maximum absolute atomic E-state index is 15.3. The molecule has 204 valence electrons. The number of nitrogens with one attached hydrogen (secondary N) is 2. The lowest BCUT2D eigenvalue weighted by Gasteiger charge is -2.33. The number of halogens is 3. The molecule has 0 saturated carbocycles. The van der Waals surface area contributed by atoms with Gasteiger partial charge in [0, 0.05) is 29.4 Å². The second-order valence-corrected chi connectivity index (χ2v) is 9.60. The Bertz CT molecular complexity index is 1660. The Morgan fingerprint density at radius 1 is 1.20 bits per heavy atom. The number of carbonyl (C=O) groups excluding carboxylic acids is 2. The molecule has 0 bridgehead atoms. The molecule has 2 amide bonds. The third-order valence-electron chi connectivity index (χ3n) is 7.00. The zero-order valence-electron chi connectivity index (χ0n) is 20.8. The highest BCUT2D eigenvalue weighted by atomic mass is 35.5. The van der Waals surface area contributed by atoms with Gasteiger partial charge in [0.25, 0.3) is 0 Å². The fourth-order valence-corrected chi connectivity index (χ4v) is 5.39. The number of hydrogen-bond acceptors (Lipinski definition) is 8. The minimum absolute atomic E-state index is 0.0803. The fraction of sp³-hybridized carbons (Fsp3) is 0.240. The Labute approximate surface area is 230 Å². The molecule has 1 aromatic carbocycles. The first-order chi connectivity index (χ1) is 19.4. The van der Waals surface area contributed by atoms with Gasteiger partial charge >= 0.3 is 6.09 Å². The highest BCUT2D eigenvalue weighted by Crippen LogP contribution is 2.44. The van der Waals surface area contributed by atoms with Gasteiger partial charge in [-0.15, -0.1) is 5.10 Å². The third-order valence-corrected chi connectivity index (χ3v) is 7.29. The van der Waals surface area contributed by atoms with Crippen molar-refractivity contribution in [2.24, 2.45) is 0 Å². The largest absolute Gasteiger partial charge is 0.453 e. The summed E-state index contributed by atoms with van der Waals surface area (Å²) in [6, 6.07) is 3.83. The van der Waals surface area contributed by atoms with Crippen LogP contribution in [-0.2, 0) is 9.53 Å². The average Bonchev–Trinajstić information content (AvgIpc) is 3.72. The third kappa shape index (κ3) is 4.35. The normalized spacial score (nSPS) is 18.4. The molecule has 2 aliphatic rings. The van der Waals surface area contributed by atoms with Crippen LogP contribution in [0.5, 0.6) is 0 Å². The molecule has 5 heterocycles. The smallest absolute Gasteiger partial charge is 0.412 e. The van der Waals surface area contributed by atoms with Crippen LogP contribution >= 0.6 is 11.6 Å². The Morgan fingerprint density at radius 3 is 2.83 bits per heavy atom. The molecule has 0 spiro atoms. The molecule has 2 atom stereocenters. The van der Waals surface area contributed by atoms with Crippen LogP contribution in [0.4, 0.5) is 19.4 Å². The van der Waals surface area contributed by atoms with Crippen molar-refractivity contribution in [3.63, 3.8) is 0 Å². The van der Waals surface area contributed by atoms with Gasteiger partial charge in [-0.1, -0.05) is 11.6 Å². The topological polar surface area (TPSA) is 144 Å². The van der Waals surface area contributed by atoms with Crippen molar-refractivity contribution < 1.29 is 23.1 Å². The molecule has 2 aliphatic heterocycles. The van der Waals surface area contributed by atoms with E-state index in [4.69, 9.17) is 11.6 Å². The van der Waals surface area contributed by atoms with Crippen molar-refractivity contribution in [2.75, 3.05) is 12.4 Å². The van der Waals surface area contributed by atoms with E-state index in [2.05, 4.69) is 40.5 Å². The minimum atomic E-state index is -0.857. The first-order valence-corrected chi connectivity index (χ1v) is 12.5. The molecule has 0 unspecified atom stereocenters. The summed E-state index contributed by atoms with van der Waals surface area (Å²) in [5.74, 6) is -1.55. The van der Waals surface area contributed by atoms with Gasteiger partial charge in [0.2, 0.25) is 5.91 Å². The zero-order valence-corrected chi connectivity index (χ0v) is 21.6. The van der Waals surface area contributed by atoms with Crippen LogP contribution in [0, 0.1) is 11.6 Å². The summed E-state index contributed by atoms with van der Waals surface area (Å²) >= 11 is 6.09. The molecule has 40 heavy (non-hydrogen) atoms. The summed E-state index contributed by atoms with van der Waals surface area (Å²) in [5, 5.41) is 13.2. The predicted octanol–water partition coefficient (Wildman–Crippen LogP) is 4.08. The number of aromatic amines is 1. The van der Waals surface area contributed by atoms with Crippen LogP contribution in [0.3, 0.4) is 0 Å². The van der Waals surface area contributed by atoms with Crippen LogP contribution < -0.4 is 5.32 Å². The van der Waals surface area contributed by atoms with E-state index in [0.29, 0.717) is 42.0 Å². The lowest BCUT2D eigenvalue weighted by atomic mass is 9.92. The molecule has 12 nitrogen and oxygen atoms in total. The van der Waals surface area contributed by atoms with Crippen molar-refractivity contribution in [2.45, 2.75) is 31.3 Å². The second-order valence-electron chi connectivity index (χ2n) is 9.20. The number of rotatable bonds is 5. The van der Waals surface area contributed by atoms with E-state index in [1.165, 1.54) is 41.6 Å². The summed E-state index contributed by atoms with van der Waals surface area (Å²) in [6.07, 6.45) is 6.29. The summed E-state index contributed by atoms with van der Waals surface area (Å²) in [5.41, 5.74) is 1.50. The fourth-order valence-electron chi connectivity index (χ4n) is 5.23. The van der Waals surface area contributed by atoms with Gasteiger partial charge in [-0.2, -0.15) is 4.68 Å². The zero-order chi connectivity index (χ0) is 28.0. The van der Waals surface area contributed by atoms with E-state index in [9.17, 15) is 9.59 Å². The standard InChI is InChI=1S/C25H20ClF2N9O3/c1-40-25(39)33-24-21(27)14(6-7-29-24)16-10-30-23(32-16)18-4-2-13-8-12(9-19(38)37(13)18)20-17(36-11-31-34-35-36)5-3-15(26)22(20)28/h3,5-7,9-11,13,18H,2,4,8H2,1H3,(H,30,32)(H,29,33,39)/t13-,18+/m1/s1. The summed E-state index contributed by atoms with van der Waals surface area (Å²) < 4.78 is 36.2. The highest BCUT2D eigenvalue weighted by molar-refractivity contribution is 6.31. The van der Waals surface area contributed by atoms with Crippen LogP contribution in [0.25, 0.3) is 22.5 Å². The summed E-state index contributed by atoms with van der Waals surface area (Å²) in [4.78, 5) is 38.0. The molecule has 6 rings (SSSR count). The van der Waals surface area contributed by atoms with Crippen LogP contribution in [0.2, 0.25) is 5.02 Å². The van der Waals surface area contributed by atoms with E-state index in [1.54, 1.807) is 11.0 Å². The predicted molar refractivity (Wildman–Crippen MR) is 137 cm³/mol. The van der Waals surface area contributed by atoms with Gasteiger partial charge in [-0.25, -0.2) is 23.5 Å². The Balaban J connectivity index is 1.29. The highest BCUT2D eigenvalue weighted by Gasteiger charge is 2.42. The number of carbonyl (C=O) groups is 2. The quantitative estimate of drug-likeness (QED) is 0.367. The van der Waals surface area contributed by atoms with E-state index in [0.717, 1.165) is 7.11 Å². The van der Waals surface area contributed by atoms with Crippen LogP contribution in [0.15, 0.2) is 43.0 Å². The number of amides is 2. The van der Waals surface area contributed by atoms with Gasteiger partial charge in [0.1, 0.15) is 12.2 Å². The number of anilines is 1. The second kappa shape index (κ2) is 10.1. The van der Waals surface area contributed by atoms with Crippen LogP contribution in [0.1, 0.15) is 36.7 Å². The molecule has 1 saturated heterocycles. The number of benzene rings is 1. The summed E-state index contributed by atoms with van der Waals surface area (Å²) in [7, 11) is 1.16. The van der Waals surface area contributed by atoms with Gasteiger partial charge in [0.15, 0.2) is 17.5 Å². The number of imidazole rings is 1. The Morgan fingerprint density at radius 2 is 2.05 bits per heavy atom. The Kier molecular flexibility index (Phi) is 6.46. The molecule has 3 aromatic heterocycles. The molecule has 0 aliphatic carbocycles. The van der Waals surface area contributed by atoms with Crippen molar-refractivity contribution in [3.8, 4) is 16.9 Å². The first-order valence-electron chi connectivity index (χ1n) is 12.1. The van der Waals surface area contributed by atoms with Crippen LogP contribution in [-0.4, -0.2) is 65.2 Å². The van der Waals surface area contributed by atoms with E-state index in [1.807, 2.05) is 0 Å². The van der Waals surface area contributed by atoms with Crippen molar-refractivity contribution >= 4 is 35.0 Å². The van der Waals surface area contributed by atoms with Gasteiger partial charge in [-0.05, 0) is 53.5 Å². The van der Waals surface area contributed by atoms with Crippen molar-refractivity contribution in [1.82, 2.24) is 40.1 Å². The van der Waals surface area contributed by atoms with Crippen molar-refractivity contribution in [3.05, 3.63) is 71.0 Å². The maximum Gasteiger partial charge on any atom is 0.412 e. The lowest BCUT2D eigenvalue weighted by Crippen LogP contribution is -2.39. The molecule has 0 radical (unpaired) electrons. The molecular weight excluding hydrogens is 548 g/mol. The Hall–Kier alpha value is -4.72. The summed E-state index contributed by atoms with van der Waals surface area (Å²) in [6.45, 7) is 0.